The van der Waals surface area contributed by atoms with Gasteiger partial charge < -0.3 is 35.0 Å². The largest absolute Gasteiger partial charge is 0.462 e. The average molecular weight is 915 g/mol. The molecule has 4 heterocycles. The molecule has 0 spiro atoms. The third kappa shape index (κ3) is 8.10. The molecule has 5 N–H and O–H groups in total. The normalized spacial score (nSPS) is 17.7. The van der Waals surface area contributed by atoms with Crippen LogP contribution in [-0.4, -0.2) is 79.8 Å². The number of nitrogens with one attached hydrogen (secondary N) is 1. The molecule has 1 saturated heterocycles. The zero-order valence-corrected chi connectivity index (χ0v) is 37.8. The minimum absolute atomic E-state index is 0.00382. The van der Waals surface area contributed by atoms with Crippen LogP contribution in [0.15, 0.2) is 65.1 Å². The molecule has 2 atom stereocenters. The quantitative estimate of drug-likeness (QED) is 0.115. The maximum Gasteiger partial charge on any atom is 0.338 e. The van der Waals surface area contributed by atoms with Crippen LogP contribution in [0.1, 0.15) is 99.3 Å². The summed E-state index contributed by atoms with van der Waals surface area (Å²) in [4.78, 5) is 52.4. The van der Waals surface area contributed by atoms with Crippen LogP contribution in [0.5, 0.6) is 0 Å². The lowest BCUT2D eigenvalue weighted by molar-refractivity contribution is -0.0586. The minimum Gasteiger partial charge on any atom is -0.462 e. The Labute approximate surface area is 373 Å². The fourth-order valence-corrected chi connectivity index (χ4v) is 9.88. The zero-order valence-electron chi connectivity index (χ0n) is 36.2. The second-order valence-electron chi connectivity index (χ2n) is 17.6. The summed E-state index contributed by atoms with van der Waals surface area (Å²) >= 11 is 3.48. The van der Waals surface area contributed by atoms with E-state index in [1.54, 1.807) is 19.1 Å². The van der Waals surface area contributed by atoms with Crippen molar-refractivity contribution in [1.29, 1.82) is 0 Å². The molecule has 13 nitrogen and oxygen atoms in total. The maximum absolute atomic E-state index is 13.5. The van der Waals surface area contributed by atoms with Crippen LogP contribution >= 0.6 is 15.9 Å². The van der Waals surface area contributed by atoms with Crippen LogP contribution in [0.25, 0.3) is 54.7 Å². The van der Waals surface area contributed by atoms with Gasteiger partial charge in [0.05, 0.1) is 52.2 Å². The van der Waals surface area contributed by atoms with Crippen molar-refractivity contribution in [2.24, 2.45) is 23.3 Å². The summed E-state index contributed by atoms with van der Waals surface area (Å²) in [5, 5.41) is 11.3. The molecule has 2 saturated carbocycles. The number of rotatable bonds is 10. The first-order chi connectivity index (χ1) is 30.2. The minimum atomic E-state index is -0.460. The number of nitrogens with zero attached hydrogens (tertiary/aromatic N) is 4. The number of primary amides is 2. The van der Waals surface area contributed by atoms with Gasteiger partial charge in [-0.3, -0.25) is 19.5 Å². The molecule has 10 rings (SSSR count). The Bertz CT molecular complexity index is 2980. The predicted octanol–water partition coefficient (Wildman–Crippen LogP) is 8.80. The van der Waals surface area contributed by atoms with Crippen molar-refractivity contribution in [2.45, 2.75) is 85.6 Å². The molecule has 63 heavy (non-hydrogen) atoms. The number of ether oxygens (including phenoxy) is 2. The number of carbonyl (C=O) groups is 4. The van der Waals surface area contributed by atoms with Crippen molar-refractivity contribution in [3.63, 3.8) is 0 Å². The van der Waals surface area contributed by atoms with Crippen molar-refractivity contribution in [2.75, 3.05) is 19.7 Å². The van der Waals surface area contributed by atoms with E-state index in [2.05, 4.69) is 41.3 Å². The second-order valence-corrected chi connectivity index (χ2v) is 18.5. The fraction of sp³-hybridized carbons (Fsp3) is 0.367. The average Bonchev–Trinajstić information content (AvgIpc) is 4.18. The smallest absolute Gasteiger partial charge is 0.338 e. The number of hydrogen-bond acceptors (Lipinski definition) is 7. The predicted molar refractivity (Wildman–Crippen MR) is 248 cm³/mol. The van der Waals surface area contributed by atoms with Crippen LogP contribution in [0.3, 0.4) is 0 Å². The third-order valence-corrected chi connectivity index (χ3v) is 13.0. The molecule has 4 aromatic carbocycles. The molecule has 3 aromatic heterocycles. The van der Waals surface area contributed by atoms with Gasteiger partial charge in [0.1, 0.15) is 0 Å². The van der Waals surface area contributed by atoms with Crippen molar-refractivity contribution in [3.8, 4) is 11.1 Å². The second kappa shape index (κ2) is 16.6. The van der Waals surface area contributed by atoms with Crippen LogP contribution in [0.4, 0.5) is 0 Å². The number of halogens is 1. The number of H-pyrrole nitrogens is 1. The first-order valence-corrected chi connectivity index (χ1v) is 22.6. The number of benzene rings is 4. The number of hydrogen-bond donors (Lipinski definition) is 3. The zero-order chi connectivity index (χ0) is 44.4. The first kappa shape index (κ1) is 42.3. The van der Waals surface area contributed by atoms with E-state index in [1.165, 1.54) is 25.7 Å². The highest BCUT2D eigenvalue weighted by Crippen LogP contribution is 2.41. The number of amides is 3. The van der Waals surface area contributed by atoms with Gasteiger partial charge in [-0.05, 0) is 126 Å². The van der Waals surface area contributed by atoms with Gasteiger partial charge in [-0.25, -0.2) is 4.79 Å². The SMILES string of the molecule is CCOC(=O)c1ccc2c3cc(Br)cc(C(N)=O)c3n(CC3CC3)c2c1.Cc1n[nH]c(C)c1-c1cc(C(N)=O)c2c(c1)c1ccc(C(=O)N3C[C@@H](C)O[C@@H](C)C3)cc1n2CC1CC1. The summed E-state index contributed by atoms with van der Waals surface area (Å²) in [6.45, 7) is 12.8. The highest BCUT2D eigenvalue weighted by Gasteiger charge is 2.30. The topological polar surface area (TPSA) is 181 Å². The lowest BCUT2D eigenvalue weighted by Crippen LogP contribution is -2.48. The van der Waals surface area contributed by atoms with Gasteiger partial charge in [-0.2, -0.15) is 5.10 Å². The summed E-state index contributed by atoms with van der Waals surface area (Å²) < 4.78 is 16.1. The van der Waals surface area contributed by atoms with Gasteiger partial charge in [0.2, 0.25) is 0 Å². The van der Waals surface area contributed by atoms with E-state index in [9.17, 15) is 19.2 Å². The standard InChI is InChI=1S/C29H33N5O3.C20H19BrN2O3/c1-15-12-33(13-16(2)37-15)29(36)20-7-8-22-23-9-21(26-17(3)31-32-18(26)4)10-24(28(30)35)27(23)34(25(22)11-20)14-19-5-6-19;1-2-26-20(25)12-5-6-14-15-8-13(21)9-16(19(22)24)18(15)23(17(14)7-12)10-11-3-4-11/h7-11,15-16,19H,5-6,12-14H2,1-4H3,(H2,30,35)(H,31,32);5-9,11H,2-4,10H2,1H3,(H2,22,24)/t15-,16+;. The summed E-state index contributed by atoms with van der Waals surface area (Å²) in [7, 11) is 0. The molecule has 0 radical (unpaired) electrons. The Morgan fingerprint density at radius 3 is 1.83 bits per heavy atom. The Morgan fingerprint density at radius 2 is 1.30 bits per heavy atom. The molecule has 0 unspecified atom stereocenters. The molecule has 326 valence electrons. The van der Waals surface area contributed by atoms with E-state index in [4.69, 9.17) is 20.9 Å². The lowest BCUT2D eigenvalue weighted by Gasteiger charge is -2.35. The Morgan fingerprint density at radius 1 is 0.762 bits per heavy atom. The van der Waals surface area contributed by atoms with E-state index in [1.807, 2.05) is 75.1 Å². The molecule has 3 amide bonds. The number of aromatic amines is 1. The summed E-state index contributed by atoms with van der Waals surface area (Å²) in [6, 6.07) is 19.2. The molecule has 14 heteroatoms. The van der Waals surface area contributed by atoms with Crippen LogP contribution in [-0.2, 0) is 22.6 Å². The summed E-state index contributed by atoms with van der Waals surface area (Å²) in [5.41, 5.74) is 21.0. The number of carbonyl (C=O) groups excluding carboxylic acids is 4. The molecular formula is C49H52BrN7O6. The summed E-state index contributed by atoms with van der Waals surface area (Å²) in [5.74, 6) is -0.0799. The van der Waals surface area contributed by atoms with Crippen molar-refractivity contribution < 1.29 is 28.7 Å². The molecule has 3 fully saturated rings. The molecular weight excluding hydrogens is 862 g/mol. The monoisotopic (exact) mass is 913 g/mol. The molecule has 0 bridgehead atoms. The van der Waals surface area contributed by atoms with E-state index in [0.717, 1.165) is 83.7 Å². The Balaban J connectivity index is 0.000000170. The number of fused-ring (bicyclic) bond motifs is 6. The van der Waals surface area contributed by atoms with Crippen molar-refractivity contribution in [1.82, 2.24) is 24.2 Å². The molecule has 7 aromatic rings. The van der Waals surface area contributed by atoms with Gasteiger partial charge in [0.15, 0.2) is 0 Å². The van der Waals surface area contributed by atoms with Crippen LogP contribution < -0.4 is 11.5 Å². The number of esters is 1. The van der Waals surface area contributed by atoms with Crippen molar-refractivity contribution >= 4 is 83.2 Å². The molecule has 2 aliphatic carbocycles. The van der Waals surface area contributed by atoms with Gasteiger partial charge in [0, 0.05) is 80.1 Å². The van der Waals surface area contributed by atoms with Crippen LogP contribution in [0.2, 0.25) is 0 Å². The van der Waals surface area contributed by atoms with Gasteiger partial charge in [-0.1, -0.05) is 28.1 Å². The number of nitrogens with two attached hydrogens (primary N) is 2. The van der Waals surface area contributed by atoms with E-state index in [0.29, 0.717) is 53.8 Å². The Kier molecular flexibility index (Phi) is 11.2. The van der Waals surface area contributed by atoms with E-state index in [-0.39, 0.29) is 24.1 Å². The van der Waals surface area contributed by atoms with E-state index < -0.39 is 11.8 Å². The third-order valence-electron chi connectivity index (χ3n) is 12.6. The van der Waals surface area contributed by atoms with E-state index >= 15 is 0 Å². The number of aromatic nitrogens is 4. The Hall–Kier alpha value is -5.99. The van der Waals surface area contributed by atoms with Crippen molar-refractivity contribution in [3.05, 3.63) is 98.8 Å². The number of aryl methyl sites for hydroxylation is 2. The highest BCUT2D eigenvalue weighted by atomic mass is 79.9. The fourth-order valence-electron chi connectivity index (χ4n) is 9.43. The summed E-state index contributed by atoms with van der Waals surface area (Å²) in [6.07, 6.45) is 4.71. The van der Waals surface area contributed by atoms with Crippen LogP contribution in [0, 0.1) is 25.7 Å². The highest BCUT2D eigenvalue weighted by molar-refractivity contribution is 9.10. The van der Waals surface area contributed by atoms with Gasteiger partial charge >= 0.3 is 5.97 Å². The first-order valence-electron chi connectivity index (χ1n) is 21.8. The van der Waals surface area contributed by atoms with Gasteiger partial charge in [-0.15, -0.1) is 0 Å². The maximum atomic E-state index is 13.5. The number of morpholine rings is 1. The van der Waals surface area contributed by atoms with Gasteiger partial charge in [0.25, 0.3) is 17.7 Å². The molecule has 1 aliphatic heterocycles. The lowest BCUT2D eigenvalue weighted by atomic mass is 9.97. The molecule has 3 aliphatic rings.